The molecule has 4 nitrogen and oxygen atoms in total. The third-order valence-corrected chi connectivity index (χ3v) is 13.4. The molecule has 0 amide bonds. The molecule has 1 aliphatic heterocycles. The van der Waals surface area contributed by atoms with Crippen LogP contribution in [0.5, 0.6) is 0 Å². The summed E-state index contributed by atoms with van der Waals surface area (Å²) in [7, 11) is 0. The Morgan fingerprint density at radius 3 is 1.31 bits per heavy atom. The third kappa shape index (κ3) is 5.44. The Hall–Kier alpha value is -8.60. The molecule has 0 fully saturated rings. The largest absolute Gasteiger partial charge is 0.456 e. The fraction of sp³-hybridized carbons (Fsp3) is 0.0164. The normalized spacial score (nSPS) is 13.0. The molecule has 1 spiro atoms. The molecule has 0 unspecified atom stereocenters. The number of furan rings is 1. The van der Waals surface area contributed by atoms with Gasteiger partial charge in [0.25, 0.3) is 0 Å². The molecule has 10 aromatic carbocycles. The van der Waals surface area contributed by atoms with E-state index >= 15 is 0 Å². The van der Waals surface area contributed by atoms with Crippen LogP contribution in [0.25, 0.3) is 33.1 Å². The highest BCUT2D eigenvalue weighted by atomic mass is 16.3. The summed E-state index contributed by atoms with van der Waals surface area (Å²) in [4.78, 5) is 7.25. The minimum absolute atomic E-state index is 0.601. The molecule has 13 rings (SSSR count). The second-order valence-corrected chi connectivity index (χ2v) is 16.8. The van der Waals surface area contributed by atoms with Crippen molar-refractivity contribution in [2.24, 2.45) is 0 Å². The van der Waals surface area contributed by atoms with Crippen LogP contribution in [0, 0.1) is 0 Å². The van der Waals surface area contributed by atoms with Crippen molar-refractivity contribution in [3.05, 3.63) is 271 Å². The van der Waals surface area contributed by atoms with Crippen LogP contribution in [-0.2, 0) is 5.41 Å². The highest BCUT2D eigenvalue weighted by Gasteiger charge is 2.52. The molecule has 65 heavy (non-hydrogen) atoms. The molecule has 0 saturated carbocycles. The molecule has 0 atom stereocenters. The molecule has 306 valence electrons. The molecule has 1 aliphatic carbocycles. The maximum atomic E-state index is 6.88. The third-order valence-electron chi connectivity index (χ3n) is 13.4. The van der Waals surface area contributed by atoms with Gasteiger partial charge in [-0.3, -0.25) is 0 Å². The Morgan fingerprint density at radius 2 is 0.738 bits per heavy atom. The van der Waals surface area contributed by atoms with Crippen molar-refractivity contribution >= 4 is 73.1 Å². The molecule has 11 aromatic rings. The van der Waals surface area contributed by atoms with Crippen molar-refractivity contribution in [2.45, 2.75) is 5.41 Å². The molecule has 0 radical (unpaired) electrons. The topological polar surface area (TPSA) is 22.9 Å². The van der Waals surface area contributed by atoms with Gasteiger partial charge in [0, 0.05) is 28.3 Å². The lowest BCUT2D eigenvalue weighted by Gasteiger charge is -2.45. The summed E-state index contributed by atoms with van der Waals surface area (Å²) in [5.74, 6) is 0. The lowest BCUT2D eigenvalue weighted by Crippen LogP contribution is -2.36. The summed E-state index contributed by atoms with van der Waals surface area (Å²) in [6, 6.07) is 89.8. The standard InChI is InChI=1S/C61H41N3O/c1-5-22-42(23-6-1)62(43-24-7-2-8-25-43)54-38-20-40-56-59(54)60-55(39-21-41-57(60)65-56)64(45-28-11-4-12-29-45)53-37-19-34-50-58(53)46-30-13-14-31-47(46)61(50)48-32-15-17-35-51(48)63(44-26-9-3-10-27-44)52-36-18-16-33-49(52)61/h1-41H. The van der Waals surface area contributed by atoms with E-state index in [4.69, 9.17) is 4.42 Å². The minimum atomic E-state index is -0.601. The number of benzene rings is 10. The van der Waals surface area contributed by atoms with E-state index in [0.717, 1.165) is 61.8 Å². The van der Waals surface area contributed by atoms with E-state index in [0.29, 0.717) is 0 Å². The Labute approximate surface area is 378 Å². The summed E-state index contributed by atoms with van der Waals surface area (Å²) >= 11 is 0. The second kappa shape index (κ2) is 14.8. The van der Waals surface area contributed by atoms with E-state index in [9.17, 15) is 0 Å². The molecule has 0 N–H and O–H groups in total. The van der Waals surface area contributed by atoms with Crippen LogP contribution >= 0.6 is 0 Å². The van der Waals surface area contributed by atoms with Crippen LogP contribution in [0.1, 0.15) is 22.3 Å². The van der Waals surface area contributed by atoms with Crippen molar-refractivity contribution in [1.29, 1.82) is 0 Å². The molecule has 2 heterocycles. The molecule has 0 saturated heterocycles. The number of nitrogens with zero attached hydrogens (tertiary/aromatic N) is 3. The van der Waals surface area contributed by atoms with E-state index in [1.165, 1.54) is 44.8 Å². The average Bonchev–Trinajstić information content (AvgIpc) is 3.91. The van der Waals surface area contributed by atoms with Gasteiger partial charge in [0.05, 0.1) is 44.6 Å². The van der Waals surface area contributed by atoms with Crippen LogP contribution < -0.4 is 14.7 Å². The summed E-state index contributed by atoms with van der Waals surface area (Å²) in [6.45, 7) is 0. The van der Waals surface area contributed by atoms with Crippen LogP contribution in [0.4, 0.5) is 51.2 Å². The lowest BCUT2D eigenvalue weighted by molar-refractivity contribution is 0.669. The van der Waals surface area contributed by atoms with Gasteiger partial charge in [-0.15, -0.1) is 0 Å². The van der Waals surface area contributed by atoms with Crippen molar-refractivity contribution in [2.75, 3.05) is 14.7 Å². The molecular weight excluding hydrogens is 791 g/mol. The van der Waals surface area contributed by atoms with Gasteiger partial charge in [-0.2, -0.15) is 0 Å². The maximum Gasteiger partial charge on any atom is 0.137 e. The molecule has 4 heteroatoms. The van der Waals surface area contributed by atoms with Gasteiger partial charge in [0.1, 0.15) is 11.2 Å². The fourth-order valence-corrected chi connectivity index (χ4v) is 10.9. The average molecular weight is 832 g/mol. The fourth-order valence-electron chi connectivity index (χ4n) is 10.9. The first kappa shape index (κ1) is 37.0. The summed E-state index contributed by atoms with van der Waals surface area (Å²) in [5.41, 5.74) is 18.4. The first-order chi connectivity index (χ1) is 32.3. The van der Waals surface area contributed by atoms with Gasteiger partial charge in [-0.1, -0.05) is 158 Å². The smallest absolute Gasteiger partial charge is 0.137 e. The molecule has 2 aliphatic rings. The first-order valence-corrected chi connectivity index (χ1v) is 22.3. The SMILES string of the molecule is c1ccc(N2c3ccccc3C3(c4ccccc4-c4c(N(c5ccccc5)c5cccc6oc7cccc(N(c8ccccc8)c8ccccc8)c7c56)cccc43)c3ccccc32)cc1. The van der Waals surface area contributed by atoms with Crippen LogP contribution in [0.15, 0.2) is 253 Å². The van der Waals surface area contributed by atoms with Crippen LogP contribution in [0.3, 0.4) is 0 Å². The van der Waals surface area contributed by atoms with Gasteiger partial charge in [-0.05, 0) is 119 Å². The number of fused-ring (bicyclic) bond motifs is 12. The summed E-state index contributed by atoms with van der Waals surface area (Å²) in [5, 5.41) is 2.09. The highest BCUT2D eigenvalue weighted by molar-refractivity contribution is 6.19. The van der Waals surface area contributed by atoms with Gasteiger partial charge in [0.15, 0.2) is 0 Å². The zero-order valence-corrected chi connectivity index (χ0v) is 35.4. The van der Waals surface area contributed by atoms with Gasteiger partial charge in [0.2, 0.25) is 0 Å². The second-order valence-electron chi connectivity index (χ2n) is 16.8. The van der Waals surface area contributed by atoms with Crippen molar-refractivity contribution in [1.82, 2.24) is 0 Å². The van der Waals surface area contributed by atoms with Crippen molar-refractivity contribution < 1.29 is 4.42 Å². The summed E-state index contributed by atoms with van der Waals surface area (Å²) < 4.78 is 6.88. The number of para-hydroxylation sites is 6. The predicted molar refractivity (Wildman–Crippen MR) is 269 cm³/mol. The number of rotatable bonds is 7. The van der Waals surface area contributed by atoms with Crippen molar-refractivity contribution in [3.8, 4) is 11.1 Å². The zero-order chi connectivity index (χ0) is 42.9. The highest BCUT2D eigenvalue weighted by Crippen LogP contribution is 2.65. The Bertz CT molecular complexity index is 3480. The van der Waals surface area contributed by atoms with E-state index in [1.54, 1.807) is 0 Å². The lowest BCUT2D eigenvalue weighted by atomic mass is 9.64. The van der Waals surface area contributed by atoms with Gasteiger partial charge in [-0.25, -0.2) is 0 Å². The van der Waals surface area contributed by atoms with Crippen molar-refractivity contribution in [3.63, 3.8) is 0 Å². The van der Waals surface area contributed by atoms with E-state index in [-0.39, 0.29) is 0 Å². The monoisotopic (exact) mass is 831 g/mol. The maximum absolute atomic E-state index is 6.88. The number of hydrogen-bond acceptors (Lipinski definition) is 4. The number of hydrogen-bond donors (Lipinski definition) is 0. The van der Waals surface area contributed by atoms with Gasteiger partial charge < -0.3 is 19.1 Å². The van der Waals surface area contributed by atoms with Gasteiger partial charge >= 0.3 is 0 Å². The zero-order valence-electron chi connectivity index (χ0n) is 35.4. The molecule has 0 bridgehead atoms. The predicted octanol–water partition coefficient (Wildman–Crippen LogP) is 16.7. The number of anilines is 9. The van der Waals surface area contributed by atoms with E-state index < -0.39 is 5.41 Å². The molecular formula is C61H41N3O. The van der Waals surface area contributed by atoms with E-state index in [1.807, 2.05) is 0 Å². The molecule has 1 aromatic heterocycles. The minimum Gasteiger partial charge on any atom is -0.456 e. The Kier molecular flexibility index (Phi) is 8.40. The van der Waals surface area contributed by atoms with E-state index in [2.05, 4.69) is 263 Å². The summed E-state index contributed by atoms with van der Waals surface area (Å²) in [6.07, 6.45) is 0. The Morgan fingerprint density at radius 1 is 0.323 bits per heavy atom. The van der Waals surface area contributed by atoms with Crippen LogP contribution in [-0.4, -0.2) is 0 Å². The van der Waals surface area contributed by atoms with Crippen LogP contribution in [0.2, 0.25) is 0 Å². The first-order valence-electron chi connectivity index (χ1n) is 22.3. The quantitative estimate of drug-likeness (QED) is 0.160. The Balaban J connectivity index is 1.11.